The van der Waals surface area contributed by atoms with E-state index in [4.69, 9.17) is 5.11 Å². The average molecular weight is 314 g/mol. The van der Waals surface area contributed by atoms with E-state index in [2.05, 4.69) is 48.5 Å². The van der Waals surface area contributed by atoms with Gasteiger partial charge in [-0.1, -0.05) is 29.8 Å². The van der Waals surface area contributed by atoms with Gasteiger partial charge in [0.15, 0.2) is 0 Å². The Morgan fingerprint density at radius 2 is 1.89 bits per heavy atom. The fourth-order valence-corrected chi connectivity index (χ4v) is 2.35. The summed E-state index contributed by atoms with van der Waals surface area (Å²) in [4.78, 5) is 13.3. The molecule has 0 atom stereocenters. The van der Waals surface area contributed by atoms with Gasteiger partial charge in [0.05, 0.1) is 5.56 Å². The summed E-state index contributed by atoms with van der Waals surface area (Å²) in [6.45, 7) is 9.46. The van der Waals surface area contributed by atoms with Crippen molar-refractivity contribution in [1.29, 1.82) is 0 Å². The number of halogens is 1. The summed E-state index contributed by atoms with van der Waals surface area (Å²) in [6.07, 6.45) is 0. The van der Waals surface area contributed by atoms with E-state index in [-0.39, 0.29) is 0 Å². The number of rotatable bonds is 5. The molecule has 18 heavy (non-hydrogen) atoms. The molecule has 0 aliphatic carbocycles. The van der Waals surface area contributed by atoms with Gasteiger partial charge in [0.25, 0.3) is 0 Å². The number of carboxylic acids is 1. The van der Waals surface area contributed by atoms with Crippen molar-refractivity contribution in [2.75, 3.05) is 11.4 Å². The molecule has 0 aromatic heterocycles. The van der Waals surface area contributed by atoms with Crippen LogP contribution in [0.4, 0.5) is 5.69 Å². The molecule has 4 heteroatoms. The first-order valence-corrected chi connectivity index (χ1v) is 6.91. The van der Waals surface area contributed by atoms with Gasteiger partial charge in [-0.05, 0) is 38.0 Å². The van der Waals surface area contributed by atoms with Gasteiger partial charge < -0.3 is 10.0 Å². The molecular formula is C14H20BrNO2. The van der Waals surface area contributed by atoms with Crippen LogP contribution in [0.5, 0.6) is 0 Å². The summed E-state index contributed by atoms with van der Waals surface area (Å²) in [7, 11) is 0. The maximum atomic E-state index is 11.1. The number of aromatic carboxylic acids is 1. The third-order valence-electron chi connectivity index (χ3n) is 2.65. The van der Waals surface area contributed by atoms with Gasteiger partial charge >= 0.3 is 5.97 Å². The number of nitrogens with zero attached hydrogens (tertiary/aromatic N) is 1. The minimum absolute atomic E-state index is 0.314. The second-order valence-corrected chi connectivity index (χ2v) is 6.06. The SMILES string of the molecule is CC(C)CN(c1cc(Br)cc(C(=O)O)c1)C(C)C. The highest BCUT2D eigenvalue weighted by Gasteiger charge is 2.15. The Kier molecular flexibility index (Phi) is 5.20. The highest BCUT2D eigenvalue weighted by molar-refractivity contribution is 9.10. The first kappa shape index (κ1) is 15.0. The summed E-state index contributed by atoms with van der Waals surface area (Å²) < 4.78 is 0.798. The van der Waals surface area contributed by atoms with Crippen molar-refractivity contribution in [2.45, 2.75) is 33.7 Å². The van der Waals surface area contributed by atoms with Gasteiger partial charge in [-0.2, -0.15) is 0 Å². The maximum Gasteiger partial charge on any atom is 0.335 e. The standard InChI is InChI=1S/C14H20BrNO2/c1-9(2)8-16(10(3)4)13-6-11(14(17)18)5-12(15)7-13/h5-7,9-10H,8H2,1-4H3,(H,17,18). The van der Waals surface area contributed by atoms with E-state index >= 15 is 0 Å². The van der Waals surface area contributed by atoms with Crippen LogP contribution in [0.25, 0.3) is 0 Å². The zero-order valence-electron chi connectivity index (χ0n) is 11.3. The Balaban J connectivity index is 3.15. The molecule has 0 radical (unpaired) electrons. The lowest BCUT2D eigenvalue weighted by Gasteiger charge is -2.31. The first-order valence-electron chi connectivity index (χ1n) is 6.11. The molecular weight excluding hydrogens is 294 g/mol. The van der Waals surface area contributed by atoms with Gasteiger partial charge in [0.1, 0.15) is 0 Å². The number of benzene rings is 1. The zero-order valence-corrected chi connectivity index (χ0v) is 12.9. The van der Waals surface area contributed by atoms with E-state index in [0.29, 0.717) is 17.5 Å². The van der Waals surface area contributed by atoms with E-state index in [0.717, 1.165) is 16.7 Å². The highest BCUT2D eigenvalue weighted by atomic mass is 79.9. The fourth-order valence-electron chi connectivity index (χ4n) is 1.87. The summed E-state index contributed by atoms with van der Waals surface area (Å²) >= 11 is 3.37. The third kappa shape index (κ3) is 4.02. The summed E-state index contributed by atoms with van der Waals surface area (Å²) in [6, 6.07) is 5.66. The molecule has 0 saturated heterocycles. The van der Waals surface area contributed by atoms with Crippen LogP contribution in [0.3, 0.4) is 0 Å². The molecule has 0 heterocycles. The topological polar surface area (TPSA) is 40.5 Å². The second-order valence-electron chi connectivity index (χ2n) is 5.14. The molecule has 0 spiro atoms. The summed E-state index contributed by atoms with van der Waals surface area (Å²) in [5.41, 5.74) is 1.26. The molecule has 0 unspecified atom stereocenters. The smallest absolute Gasteiger partial charge is 0.335 e. The highest BCUT2D eigenvalue weighted by Crippen LogP contribution is 2.25. The van der Waals surface area contributed by atoms with Crippen molar-refractivity contribution in [3.05, 3.63) is 28.2 Å². The molecule has 1 rings (SSSR count). The van der Waals surface area contributed by atoms with Crippen LogP contribution in [-0.2, 0) is 0 Å². The second kappa shape index (κ2) is 6.23. The molecule has 0 aliphatic rings. The lowest BCUT2D eigenvalue weighted by Crippen LogP contribution is -2.34. The fraction of sp³-hybridized carbons (Fsp3) is 0.500. The van der Waals surface area contributed by atoms with Gasteiger partial charge in [-0.3, -0.25) is 0 Å². The van der Waals surface area contributed by atoms with Crippen LogP contribution in [0.2, 0.25) is 0 Å². The molecule has 0 bridgehead atoms. The molecule has 3 nitrogen and oxygen atoms in total. The number of carboxylic acid groups (broad SMARTS) is 1. The largest absolute Gasteiger partial charge is 0.478 e. The van der Waals surface area contributed by atoms with Crippen molar-refractivity contribution < 1.29 is 9.90 Å². The predicted molar refractivity (Wildman–Crippen MR) is 78.4 cm³/mol. The third-order valence-corrected chi connectivity index (χ3v) is 3.10. The van der Waals surface area contributed by atoms with Crippen molar-refractivity contribution in [3.63, 3.8) is 0 Å². The molecule has 0 fully saturated rings. The summed E-state index contributed by atoms with van der Waals surface area (Å²) in [5.74, 6) is -0.370. The molecule has 1 aromatic carbocycles. The normalized spacial score (nSPS) is 11.1. The van der Waals surface area contributed by atoms with Crippen molar-refractivity contribution in [2.24, 2.45) is 5.92 Å². The molecule has 1 N–H and O–H groups in total. The lowest BCUT2D eigenvalue weighted by atomic mass is 10.1. The van der Waals surface area contributed by atoms with Crippen molar-refractivity contribution in [1.82, 2.24) is 0 Å². The Morgan fingerprint density at radius 3 is 2.33 bits per heavy atom. The molecule has 0 aliphatic heterocycles. The predicted octanol–water partition coefficient (Wildman–Crippen LogP) is 4.02. The van der Waals surface area contributed by atoms with E-state index in [1.165, 1.54) is 0 Å². The maximum absolute atomic E-state index is 11.1. The van der Waals surface area contributed by atoms with E-state index in [1.807, 2.05) is 6.07 Å². The van der Waals surface area contributed by atoms with E-state index in [1.54, 1.807) is 12.1 Å². The zero-order chi connectivity index (χ0) is 13.9. The Hall–Kier alpha value is -1.03. The molecule has 1 aromatic rings. The number of anilines is 1. The minimum Gasteiger partial charge on any atom is -0.478 e. The monoisotopic (exact) mass is 313 g/mol. The molecule has 100 valence electrons. The van der Waals surface area contributed by atoms with Gasteiger partial charge in [0.2, 0.25) is 0 Å². The Bertz CT molecular complexity index is 430. The summed E-state index contributed by atoms with van der Waals surface area (Å²) in [5, 5.41) is 9.10. The minimum atomic E-state index is -0.897. The van der Waals surface area contributed by atoms with Crippen molar-refractivity contribution in [3.8, 4) is 0 Å². The van der Waals surface area contributed by atoms with Gasteiger partial charge in [-0.15, -0.1) is 0 Å². The number of hydrogen-bond acceptors (Lipinski definition) is 2. The number of hydrogen-bond donors (Lipinski definition) is 1. The first-order chi connectivity index (χ1) is 8.31. The Morgan fingerprint density at radius 1 is 1.28 bits per heavy atom. The van der Waals surface area contributed by atoms with Crippen LogP contribution >= 0.6 is 15.9 Å². The van der Waals surface area contributed by atoms with Crippen LogP contribution in [-0.4, -0.2) is 23.7 Å². The van der Waals surface area contributed by atoms with Gasteiger partial charge in [-0.25, -0.2) is 4.79 Å². The lowest BCUT2D eigenvalue weighted by molar-refractivity contribution is 0.0697. The average Bonchev–Trinajstić information content (AvgIpc) is 2.24. The van der Waals surface area contributed by atoms with Gasteiger partial charge in [0, 0.05) is 22.7 Å². The van der Waals surface area contributed by atoms with E-state index < -0.39 is 5.97 Å². The van der Waals surface area contributed by atoms with Crippen molar-refractivity contribution >= 4 is 27.6 Å². The van der Waals surface area contributed by atoms with Crippen LogP contribution < -0.4 is 4.90 Å². The Labute approximate surface area is 117 Å². The van der Waals surface area contributed by atoms with Crippen LogP contribution in [0, 0.1) is 5.92 Å². The molecule has 0 amide bonds. The van der Waals surface area contributed by atoms with E-state index in [9.17, 15) is 4.79 Å². The molecule has 0 saturated carbocycles. The van der Waals surface area contributed by atoms with Crippen LogP contribution in [0.15, 0.2) is 22.7 Å². The number of carbonyl (C=O) groups is 1. The van der Waals surface area contributed by atoms with Crippen LogP contribution in [0.1, 0.15) is 38.1 Å². The quantitative estimate of drug-likeness (QED) is 0.892.